The van der Waals surface area contributed by atoms with Crippen molar-refractivity contribution in [2.75, 3.05) is 0 Å². The number of carboxylic acid groups (broad SMARTS) is 1. The lowest BCUT2D eigenvalue weighted by Crippen LogP contribution is -2.11. The van der Waals surface area contributed by atoms with E-state index >= 15 is 0 Å². The van der Waals surface area contributed by atoms with Crippen molar-refractivity contribution in [2.45, 2.75) is 25.3 Å². The van der Waals surface area contributed by atoms with Gasteiger partial charge in [0.15, 0.2) is 0 Å². The molecule has 4 aromatic rings. The Labute approximate surface area is 161 Å². The summed E-state index contributed by atoms with van der Waals surface area (Å²) >= 11 is 0. The van der Waals surface area contributed by atoms with Crippen LogP contribution >= 0.6 is 0 Å². The second kappa shape index (κ2) is 6.64. The minimum atomic E-state index is -0.693. The van der Waals surface area contributed by atoms with Crippen molar-refractivity contribution in [1.82, 2.24) is 19.7 Å². The number of hydrogen-bond acceptors (Lipinski definition) is 3. The lowest BCUT2D eigenvalue weighted by Gasteiger charge is -2.16. The van der Waals surface area contributed by atoms with Gasteiger partial charge in [-0.2, -0.15) is 5.10 Å². The molecule has 1 aliphatic rings. The van der Waals surface area contributed by atoms with Gasteiger partial charge in [0.1, 0.15) is 0 Å². The molecule has 0 saturated heterocycles. The van der Waals surface area contributed by atoms with E-state index in [0.717, 1.165) is 46.1 Å². The highest BCUT2D eigenvalue weighted by Crippen LogP contribution is 2.37. The molecule has 1 aliphatic carbocycles. The molecule has 5 rings (SSSR count). The van der Waals surface area contributed by atoms with Crippen LogP contribution in [-0.4, -0.2) is 30.8 Å². The average molecular weight is 372 g/mol. The largest absolute Gasteiger partial charge is 0.481 e. The molecule has 6 nitrogen and oxygen atoms in total. The number of fused-ring (bicyclic) bond motifs is 1. The molecule has 1 saturated carbocycles. The van der Waals surface area contributed by atoms with Crippen LogP contribution in [0.1, 0.15) is 25.3 Å². The normalized spacial score (nSPS) is 19.3. The SMILES string of the molecule is O=C(O)C1CC[C@@H](n2cncc2-c2ccc(-c3cccc4[nH]ncc34)cc2)C1. The van der Waals surface area contributed by atoms with Crippen LogP contribution in [0.15, 0.2) is 61.2 Å². The fourth-order valence-corrected chi connectivity index (χ4v) is 4.29. The molecule has 1 unspecified atom stereocenters. The van der Waals surface area contributed by atoms with Crippen LogP contribution < -0.4 is 0 Å². The van der Waals surface area contributed by atoms with Crippen molar-refractivity contribution in [3.63, 3.8) is 0 Å². The zero-order valence-electron chi connectivity index (χ0n) is 15.2. The Morgan fingerprint density at radius 2 is 1.89 bits per heavy atom. The Morgan fingerprint density at radius 1 is 1.07 bits per heavy atom. The zero-order valence-corrected chi connectivity index (χ0v) is 15.2. The molecule has 0 bridgehead atoms. The summed E-state index contributed by atoms with van der Waals surface area (Å²) in [6.07, 6.45) is 7.81. The molecule has 2 aromatic carbocycles. The summed E-state index contributed by atoms with van der Waals surface area (Å²) in [6, 6.07) is 14.8. The van der Waals surface area contributed by atoms with Gasteiger partial charge in [0.2, 0.25) is 0 Å². The number of carboxylic acids is 1. The van der Waals surface area contributed by atoms with Crippen molar-refractivity contribution in [2.24, 2.45) is 5.92 Å². The van der Waals surface area contributed by atoms with Gasteiger partial charge in [-0.1, -0.05) is 36.4 Å². The summed E-state index contributed by atoms with van der Waals surface area (Å²) in [5.41, 5.74) is 5.41. The molecule has 0 spiro atoms. The summed E-state index contributed by atoms with van der Waals surface area (Å²) < 4.78 is 2.13. The highest BCUT2D eigenvalue weighted by atomic mass is 16.4. The second-order valence-corrected chi connectivity index (χ2v) is 7.40. The summed E-state index contributed by atoms with van der Waals surface area (Å²) in [4.78, 5) is 15.6. The second-order valence-electron chi connectivity index (χ2n) is 7.40. The molecule has 0 radical (unpaired) electrons. The standard InChI is InChI=1S/C22H20N4O2/c27-22(28)16-8-9-17(10-16)26-13-23-12-21(26)15-6-4-14(5-7-15)18-2-1-3-20-19(18)11-24-25-20/h1-7,11-13,16-17H,8-10H2,(H,24,25)(H,27,28)/t16?,17-/m1/s1. The number of nitrogens with one attached hydrogen (secondary N) is 1. The Balaban J connectivity index is 1.45. The number of benzene rings is 2. The van der Waals surface area contributed by atoms with E-state index < -0.39 is 5.97 Å². The molecule has 2 heterocycles. The number of H-pyrrole nitrogens is 1. The number of nitrogens with zero attached hydrogens (tertiary/aromatic N) is 3. The van der Waals surface area contributed by atoms with Gasteiger partial charge in [-0.15, -0.1) is 0 Å². The lowest BCUT2D eigenvalue weighted by atomic mass is 10.00. The van der Waals surface area contributed by atoms with E-state index in [4.69, 9.17) is 0 Å². The highest BCUT2D eigenvalue weighted by molar-refractivity contribution is 5.94. The minimum absolute atomic E-state index is 0.193. The predicted octanol–water partition coefficient (Wildman–Crippen LogP) is 4.52. The first-order chi connectivity index (χ1) is 13.7. The quantitative estimate of drug-likeness (QED) is 0.552. The Kier molecular flexibility index (Phi) is 3.97. The lowest BCUT2D eigenvalue weighted by molar-refractivity contribution is -0.141. The Morgan fingerprint density at radius 3 is 2.68 bits per heavy atom. The van der Waals surface area contributed by atoms with Gasteiger partial charge in [0.05, 0.1) is 35.8 Å². The van der Waals surface area contributed by atoms with Crippen LogP contribution in [0.2, 0.25) is 0 Å². The fraction of sp³-hybridized carbons (Fsp3) is 0.227. The Bertz CT molecular complexity index is 1140. The van der Waals surface area contributed by atoms with Crippen LogP contribution in [-0.2, 0) is 4.79 Å². The number of hydrogen-bond donors (Lipinski definition) is 2. The van der Waals surface area contributed by atoms with Gasteiger partial charge >= 0.3 is 5.97 Å². The van der Waals surface area contributed by atoms with Crippen molar-refractivity contribution in [3.05, 3.63) is 61.2 Å². The first-order valence-electron chi connectivity index (χ1n) is 9.48. The van der Waals surface area contributed by atoms with E-state index in [1.54, 1.807) is 0 Å². The van der Waals surface area contributed by atoms with Gasteiger partial charge in [0, 0.05) is 11.4 Å². The predicted molar refractivity (Wildman–Crippen MR) is 107 cm³/mol. The topological polar surface area (TPSA) is 83.8 Å². The van der Waals surface area contributed by atoms with E-state index in [9.17, 15) is 9.90 Å². The maximum atomic E-state index is 11.3. The summed E-state index contributed by atoms with van der Waals surface area (Å²) in [6.45, 7) is 0. The third kappa shape index (κ3) is 2.78. The molecule has 28 heavy (non-hydrogen) atoms. The summed E-state index contributed by atoms with van der Waals surface area (Å²) in [5.74, 6) is -0.944. The molecule has 2 aromatic heterocycles. The summed E-state index contributed by atoms with van der Waals surface area (Å²) in [5, 5.41) is 17.5. The van der Waals surface area contributed by atoms with E-state index in [1.165, 1.54) is 0 Å². The van der Waals surface area contributed by atoms with Crippen molar-refractivity contribution in [3.8, 4) is 22.4 Å². The molecule has 1 fully saturated rings. The van der Waals surface area contributed by atoms with Gasteiger partial charge in [-0.3, -0.25) is 9.89 Å². The number of rotatable bonds is 4. The number of aromatic amines is 1. The van der Waals surface area contributed by atoms with Crippen LogP contribution in [0, 0.1) is 5.92 Å². The number of aliphatic carboxylic acids is 1. The molecule has 0 aliphatic heterocycles. The maximum Gasteiger partial charge on any atom is 0.306 e. The van der Waals surface area contributed by atoms with Gasteiger partial charge in [-0.25, -0.2) is 4.98 Å². The fourth-order valence-electron chi connectivity index (χ4n) is 4.29. The van der Waals surface area contributed by atoms with E-state index in [1.807, 2.05) is 30.9 Å². The van der Waals surface area contributed by atoms with Crippen molar-refractivity contribution in [1.29, 1.82) is 0 Å². The third-order valence-corrected chi connectivity index (χ3v) is 5.79. The molecule has 6 heteroatoms. The Hall–Kier alpha value is -3.41. The van der Waals surface area contributed by atoms with Crippen molar-refractivity contribution >= 4 is 16.9 Å². The van der Waals surface area contributed by atoms with Gasteiger partial charge < -0.3 is 9.67 Å². The first kappa shape index (κ1) is 16.7. The molecule has 0 amide bonds. The highest BCUT2D eigenvalue weighted by Gasteiger charge is 2.31. The number of carbonyl (C=O) groups is 1. The first-order valence-corrected chi connectivity index (χ1v) is 9.48. The maximum absolute atomic E-state index is 11.3. The monoisotopic (exact) mass is 372 g/mol. The average Bonchev–Trinajstić information content (AvgIpc) is 3.47. The summed E-state index contributed by atoms with van der Waals surface area (Å²) in [7, 11) is 0. The molecule has 140 valence electrons. The van der Waals surface area contributed by atoms with Crippen LogP contribution in [0.3, 0.4) is 0 Å². The molecular formula is C22H20N4O2. The van der Waals surface area contributed by atoms with E-state index in [2.05, 4.69) is 50.1 Å². The van der Waals surface area contributed by atoms with Crippen LogP contribution in [0.4, 0.5) is 0 Å². The van der Waals surface area contributed by atoms with Gasteiger partial charge in [-0.05, 0) is 42.0 Å². The van der Waals surface area contributed by atoms with Crippen LogP contribution in [0.5, 0.6) is 0 Å². The van der Waals surface area contributed by atoms with Crippen LogP contribution in [0.25, 0.3) is 33.3 Å². The van der Waals surface area contributed by atoms with Crippen molar-refractivity contribution < 1.29 is 9.90 Å². The van der Waals surface area contributed by atoms with E-state index in [-0.39, 0.29) is 12.0 Å². The number of imidazole rings is 1. The number of aromatic nitrogens is 4. The molecule has 2 atom stereocenters. The smallest absolute Gasteiger partial charge is 0.306 e. The van der Waals surface area contributed by atoms with Gasteiger partial charge in [0.25, 0.3) is 0 Å². The minimum Gasteiger partial charge on any atom is -0.481 e. The molecular weight excluding hydrogens is 352 g/mol. The zero-order chi connectivity index (χ0) is 19.1. The third-order valence-electron chi connectivity index (χ3n) is 5.79. The molecule has 2 N–H and O–H groups in total. The van der Waals surface area contributed by atoms with E-state index in [0.29, 0.717) is 6.42 Å².